The van der Waals surface area contributed by atoms with Gasteiger partial charge in [0, 0.05) is 34.0 Å². The van der Waals surface area contributed by atoms with Gasteiger partial charge in [-0.15, -0.1) is 0 Å². The molecule has 0 amide bonds. The molecule has 60 heavy (non-hydrogen) atoms. The minimum atomic E-state index is 0.466. The highest BCUT2D eigenvalue weighted by Gasteiger charge is 2.17. The largest absolute Gasteiger partial charge is 0.255 e. The van der Waals surface area contributed by atoms with Crippen molar-refractivity contribution in [1.82, 2.24) is 39.9 Å². The minimum Gasteiger partial charge on any atom is -0.255 e. The lowest BCUT2D eigenvalue weighted by Gasteiger charge is -2.12. The molecule has 0 unspecified atom stereocenters. The van der Waals surface area contributed by atoms with Crippen LogP contribution in [0.2, 0.25) is 0 Å². The monoisotopic (exact) mass is 770 g/mol. The van der Waals surface area contributed by atoms with Crippen LogP contribution in [-0.2, 0) is 0 Å². The van der Waals surface area contributed by atoms with Crippen LogP contribution < -0.4 is 0 Å². The Bertz CT molecular complexity index is 2770. The van der Waals surface area contributed by atoms with Crippen molar-refractivity contribution in [3.8, 4) is 102 Å². The molecule has 0 radical (unpaired) electrons. The summed E-state index contributed by atoms with van der Waals surface area (Å²) in [6.07, 6.45) is 1.78. The van der Waals surface area contributed by atoms with E-state index in [0.29, 0.717) is 40.4 Å². The van der Waals surface area contributed by atoms with Crippen molar-refractivity contribution in [2.75, 3.05) is 0 Å². The molecule has 0 spiro atoms. The number of rotatable bonds is 9. The van der Waals surface area contributed by atoms with Crippen molar-refractivity contribution >= 4 is 0 Å². The van der Waals surface area contributed by atoms with Gasteiger partial charge in [-0.2, -0.15) is 0 Å². The first-order valence-corrected chi connectivity index (χ1v) is 19.6. The number of hydrogen-bond donors (Lipinski definition) is 0. The van der Waals surface area contributed by atoms with Gasteiger partial charge in [-0.05, 0) is 59.7 Å². The molecular weight excluding hydrogens is 737 g/mol. The predicted octanol–water partition coefficient (Wildman–Crippen LogP) is 11.8. The van der Waals surface area contributed by atoms with Crippen LogP contribution in [0.1, 0.15) is 0 Å². The van der Waals surface area contributed by atoms with Crippen LogP contribution >= 0.6 is 0 Å². The Morgan fingerprint density at radius 1 is 0.200 bits per heavy atom. The lowest BCUT2D eigenvalue weighted by molar-refractivity contribution is 1.06. The maximum absolute atomic E-state index is 5.14. The van der Waals surface area contributed by atoms with Gasteiger partial charge in [-0.3, -0.25) is 4.98 Å². The smallest absolute Gasteiger partial charge is 0.182 e. The summed E-state index contributed by atoms with van der Waals surface area (Å²) in [5.74, 6) is 2.27. The molecule has 0 saturated carbocycles. The highest BCUT2D eigenvalue weighted by Crippen LogP contribution is 2.34. The molecule has 282 valence electrons. The van der Waals surface area contributed by atoms with E-state index in [1.54, 1.807) is 6.20 Å². The van der Waals surface area contributed by atoms with Gasteiger partial charge < -0.3 is 0 Å². The van der Waals surface area contributed by atoms with E-state index in [1.807, 2.05) is 146 Å². The highest BCUT2D eigenvalue weighted by atomic mass is 15.0. The summed E-state index contributed by atoms with van der Waals surface area (Å²) >= 11 is 0. The van der Waals surface area contributed by atoms with E-state index in [1.165, 1.54) is 0 Å². The minimum absolute atomic E-state index is 0.466. The van der Waals surface area contributed by atoms with Gasteiger partial charge in [0.2, 0.25) is 0 Å². The van der Waals surface area contributed by atoms with Crippen LogP contribution in [0.3, 0.4) is 0 Å². The fourth-order valence-electron chi connectivity index (χ4n) is 7.03. The normalized spacial score (nSPS) is 11.0. The maximum Gasteiger partial charge on any atom is 0.182 e. The van der Waals surface area contributed by atoms with E-state index in [2.05, 4.69) is 59.6 Å². The average molecular weight is 771 g/mol. The van der Waals surface area contributed by atoms with Crippen LogP contribution in [-0.4, -0.2) is 39.9 Å². The zero-order chi connectivity index (χ0) is 40.1. The third-order valence-electron chi connectivity index (χ3n) is 10.0. The Hall–Kier alpha value is -8.36. The first kappa shape index (κ1) is 36.0. The number of nitrogens with zero attached hydrogens (tertiary/aromatic N) is 8. The second-order valence-electron chi connectivity index (χ2n) is 14.1. The molecule has 0 N–H and O–H groups in total. The molecule has 0 aliphatic heterocycles. The van der Waals surface area contributed by atoms with Crippen LogP contribution in [0, 0.1) is 0 Å². The van der Waals surface area contributed by atoms with Crippen molar-refractivity contribution in [3.63, 3.8) is 0 Å². The van der Waals surface area contributed by atoms with Gasteiger partial charge in [0.05, 0.1) is 34.2 Å². The first-order chi connectivity index (χ1) is 29.7. The second kappa shape index (κ2) is 16.2. The lowest BCUT2D eigenvalue weighted by Crippen LogP contribution is -2.02. The number of hydrogen-bond acceptors (Lipinski definition) is 8. The Labute approximate surface area is 347 Å². The van der Waals surface area contributed by atoms with Crippen molar-refractivity contribution < 1.29 is 0 Å². The third-order valence-corrected chi connectivity index (χ3v) is 10.0. The van der Waals surface area contributed by atoms with Crippen LogP contribution in [0.5, 0.6) is 0 Å². The number of benzene rings is 5. The zero-order valence-corrected chi connectivity index (χ0v) is 32.2. The molecule has 5 aromatic carbocycles. The van der Waals surface area contributed by atoms with E-state index >= 15 is 0 Å². The quantitative estimate of drug-likeness (QED) is 0.143. The molecule has 8 nitrogen and oxygen atoms in total. The van der Waals surface area contributed by atoms with Crippen molar-refractivity contribution in [3.05, 3.63) is 206 Å². The number of aromatic nitrogens is 8. The van der Waals surface area contributed by atoms with Crippen molar-refractivity contribution in [1.29, 1.82) is 0 Å². The molecule has 0 saturated heterocycles. The second-order valence-corrected chi connectivity index (χ2v) is 14.1. The summed E-state index contributed by atoms with van der Waals surface area (Å²) in [4.78, 5) is 39.8. The zero-order valence-electron chi connectivity index (χ0n) is 32.2. The molecular formula is C52H34N8. The SMILES string of the molecule is c1ccc(-c2cc(-c3cccc(-c4cc(-c5ccccn5)nc(-c5cccc(-c6nc(-c7ccccc7)nc(-c7ccccc7)n6)n5)c4)c3)nc(-c3ccccc3)n2)cc1. The third kappa shape index (κ3) is 7.68. The van der Waals surface area contributed by atoms with Gasteiger partial charge in [-0.25, -0.2) is 34.9 Å². The Balaban J connectivity index is 1.09. The molecule has 0 aliphatic rings. The first-order valence-electron chi connectivity index (χ1n) is 19.6. The molecule has 0 atom stereocenters. The predicted molar refractivity (Wildman–Crippen MR) is 238 cm³/mol. The molecule has 5 heterocycles. The van der Waals surface area contributed by atoms with E-state index in [4.69, 9.17) is 34.9 Å². The Kier molecular flexibility index (Phi) is 9.75. The van der Waals surface area contributed by atoms with Crippen LogP contribution in [0.4, 0.5) is 0 Å². The number of pyridine rings is 3. The van der Waals surface area contributed by atoms with Gasteiger partial charge >= 0.3 is 0 Å². The summed E-state index contributed by atoms with van der Waals surface area (Å²) in [6.45, 7) is 0. The van der Waals surface area contributed by atoms with Gasteiger partial charge in [0.25, 0.3) is 0 Å². The molecule has 0 bridgehead atoms. The molecule has 0 aliphatic carbocycles. The van der Waals surface area contributed by atoms with Gasteiger partial charge in [0.15, 0.2) is 23.3 Å². The van der Waals surface area contributed by atoms with Gasteiger partial charge in [-0.1, -0.05) is 152 Å². The maximum atomic E-state index is 5.14. The van der Waals surface area contributed by atoms with Crippen LogP contribution in [0.25, 0.3) is 102 Å². The summed E-state index contributed by atoms with van der Waals surface area (Å²) < 4.78 is 0. The van der Waals surface area contributed by atoms with E-state index in [-0.39, 0.29) is 0 Å². The Morgan fingerprint density at radius 3 is 1.23 bits per heavy atom. The Morgan fingerprint density at radius 2 is 0.633 bits per heavy atom. The molecule has 5 aromatic heterocycles. The molecule has 10 rings (SSSR count). The highest BCUT2D eigenvalue weighted by molar-refractivity contribution is 5.80. The summed E-state index contributed by atoms with van der Waals surface area (Å²) in [5, 5.41) is 0. The van der Waals surface area contributed by atoms with E-state index in [9.17, 15) is 0 Å². The topological polar surface area (TPSA) is 103 Å². The van der Waals surface area contributed by atoms with E-state index in [0.717, 1.165) is 61.7 Å². The fourth-order valence-corrected chi connectivity index (χ4v) is 7.03. The van der Waals surface area contributed by atoms with Gasteiger partial charge in [0.1, 0.15) is 5.69 Å². The fraction of sp³-hybridized carbons (Fsp3) is 0. The molecule has 0 fully saturated rings. The standard InChI is InChI=1S/C52H34N8/c1-5-17-35(18-6-1)45-34-46(57-49(56-45)36-19-7-2-8-20-36)40-26-15-25-39(31-40)41-32-47(42-27-13-14-30-53-42)55-48(33-41)43-28-16-29-44(54-43)52-59-50(37-21-9-3-10-22-37)58-51(60-52)38-23-11-4-12-24-38/h1-34H. The summed E-state index contributed by atoms with van der Waals surface area (Å²) in [7, 11) is 0. The average Bonchev–Trinajstić information content (AvgIpc) is 3.35. The van der Waals surface area contributed by atoms with Crippen LogP contribution in [0.15, 0.2) is 206 Å². The molecule has 10 aromatic rings. The van der Waals surface area contributed by atoms with Crippen molar-refractivity contribution in [2.45, 2.75) is 0 Å². The van der Waals surface area contributed by atoms with Crippen molar-refractivity contribution in [2.24, 2.45) is 0 Å². The summed E-state index contributed by atoms with van der Waals surface area (Å²) in [6, 6.07) is 66.4. The lowest BCUT2D eigenvalue weighted by atomic mass is 9.99. The molecule has 8 heteroatoms. The summed E-state index contributed by atoms with van der Waals surface area (Å²) in [5.41, 5.74) is 11.7. The van der Waals surface area contributed by atoms with E-state index < -0.39 is 0 Å².